The third kappa shape index (κ3) is 5.37. The van der Waals surface area contributed by atoms with E-state index in [-0.39, 0.29) is 24.3 Å². The van der Waals surface area contributed by atoms with Crippen molar-refractivity contribution in [2.75, 3.05) is 13.7 Å². The van der Waals surface area contributed by atoms with Gasteiger partial charge in [-0.2, -0.15) is 0 Å². The summed E-state index contributed by atoms with van der Waals surface area (Å²) in [5.74, 6) is -0.632. The van der Waals surface area contributed by atoms with E-state index in [0.29, 0.717) is 6.54 Å². The van der Waals surface area contributed by atoms with Crippen molar-refractivity contribution in [1.82, 2.24) is 5.32 Å². The Morgan fingerprint density at radius 1 is 1.47 bits per heavy atom. The van der Waals surface area contributed by atoms with Crippen molar-refractivity contribution >= 4 is 11.9 Å². The molecule has 0 rings (SSSR count). The quantitative estimate of drug-likeness (QED) is 0.614. The van der Waals surface area contributed by atoms with Crippen LogP contribution in [0.15, 0.2) is 0 Å². The predicted octanol–water partition coefficient (Wildman–Crippen LogP) is 0.0391. The first-order chi connectivity index (χ1) is 6.79. The van der Waals surface area contributed by atoms with Crippen molar-refractivity contribution in [2.45, 2.75) is 33.2 Å². The molecule has 1 atom stereocenters. The van der Waals surface area contributed by atoms with Crippen LogP contribution in [0.3, 0.4) is 0 Å². The third-order valence-electron chi connectivity index (χ3n) is 2.26. The van der Waals surface area contributed by atoms with Gasteiger partial charge in [-0.05, 0) is 20.8 Å². The summed E-state index contributed by atoms with van der Waals surface area (Å²) in [4.78, 5) is 21.9. The number of esters is 1. The molecule has 0 aliphatic carbocycles. The number of hydrogen-bond donors (Lipinski definition) is 2. The van der Waals surface area contributed by atoms with Gasteiger partial charge in [0.25, 0.3) is 0 Å². The molecule has 0 saturated carbocycles. The summed E-state index contributed by atoms with van der Waals surface area (Å²) < 4.78 is 4.53. The second-order valence-corrected chi connectivity index (χ2v) is 4.31. The number of nitrogens with two attached hydrogens (primary N) is 1. The molecule has 5 heteroatoms. The summed E-state index contributed by atoms with van der Waals surface area (Å²) in [6.45, 7) is 5.81. The summed E-state index contributed by atoms with van der Waals surface area (Å²) in [5, 5.41) is 3.07. The van der Waals surface area contributed by atoms with E-state index in [1.807, 2.05) is 6.92 Å². The lowest BCUT2D eigenvalue weighted by Gasteiger charge is -2.23. The van der Waals surface area contributed by atoms with E-state index >= 15 is 0 Å². The van der Waals surface area contributed by atoms with E-state index in [1.54, 1.807) is 13.8 Å². The highest BCUT2D eigenvalue weighted by Crippen LogP contribution is 2.12. The third-order valence-corrected chi connectivity index (χ3v) is 2.26. The Kier molecular flexibility index (Phi) is 5.28. The zero-order valence-electron chi connectivity index (χ0n) is 9.79. The molecule has 88 valence electrons. The van der Waals surface area contributed by atoms with Gasteiger partial charge in [-0.1, -0.05) is 0 Å². The largest absolute Gasteiger partial charge is 0.469 e. The highest BCUT2D eigenvalue weighted by molar-refractivity contribution is 5.80. The summed E-state index contributed by atoms with van der Waals surface area (Å²) >= 11 is 0. The molecule has 0 fully saturated rings. The number of ether oxygens (including phenoxy) is 1. The molecule has 5 nitrogen and oxygen atoms in total. The molecule has 0 radical (unpaired) electrons. The lowest BCUT2D eigenvalue weighted by Crippen LogP contribution is -2.43. The zero-order chi connectivity index (χ0) is 12.1. The fraction of sp³-hybridized carbons (Fsp3) is 0.800. The fourth-order valence-electron chi connectivity index (χ4n) is 0.922. The lowest BCUT2D eigenvalue weighted by atomic mass is 9.92. The normalized spacial score (nSPS) is 13.3. The summed E-state index contributed by atoms with van der Waals surface area (Å²) in [5.41, 5.74) is 4.61. The van der Waals surface area contributed by atoms with Crippen molar-refractivity contribution in [3.05, 3.63) is 0 Å². The van der Waals surface area contributed by atoms with Crippen molar-refractivity contribution in [1.29, 1.82) is 0 Å². The zero-order valence-corrected chi connectivity index (χ0v) is 9.79. The van der Waals surface area contributed by atoms with E-state index in [4.69, 9.17) is 5.73 Å². The SMILES string of the molecule is COC(=O)CC(C)NCC(C)(C)C(N)=O. The van der Waals surface area contributed by atoms with Crippen LogP contribution in [-0.4, -0.2) is 31.6 Å². The molecule has 0 bridgehead atoms. The fourth-order valence-corrected chi connectivity index (χ4v) is 0.922. The molecule has 1 unspecified atom stereocenters. The van der Waals surface area contributed by atoms with Gasteiger partial charge in [-0.3, -0.25) is 9.59 Å². The van der Waals surface area contributed by atoms with Gasteiger partial charge in [-0.15, -0.1) is 0 Å². The molecule has 0 heterocycles. The van der Waals surface area contributed by atoms with Gasteiger partial charge in [0.2, 0.25) is 5.91 Å². The Morgan fingerprint density at radius 3 is 2.40 bits per heavy atom. The lowest BCUT2D eigenvalue weighted by molar-refractivity contribution is -0.141. The van der Waals surface area contributed by atoms with E-state index < -0.39 is 5.41 Å². The van der Waals surface area contributed by atoms with Crippen LogP contribution in [0.5, 0.6) is 0 Å². The molecule has 15 heavy (non-hydrogen) atoms. The summed E-state index contributed by atoms with van der Waals surface area (Å²) in [7, 11) is 1.35. The van der Waals surface area contributed by atoms with Crippen LogP contribution in [0.25, 0.3) is 0 Å². The molecule has 0 aromatic rings. The van der Waals surface area contributed by atoms with E-state index in [2.05, 4.69) is 10.1 Å². The number of carbonyl (C=O) groups is 2. The van der Waals surface area contributed by atoms with E-state index in [9.17, 15) is 9.59 Å². The van der Waals surface area contributed by atoms with E-state index in [0.717, 1.165) is 0 Å². The van der Waals surface area contributed by atoms with Crippen molar-refractivity contribution in [3.63, 3.8) is 0 Å². The highest BCUT2D eigenvalue weighted by atomic mass is 16.5. The standard InChI is InChI=1S/C10H20N2O3/c1-7(5-8(13)15-4)12-6-10(2,3)9(11)14/h7,12H,5-6H2,1-4H3,(H2,11,14). The minimum atomic E-state index is -0.607. The Bertz CT molecular complexity index is 239. The van der Waals surface area contributed by atoms with Gasteiger partial charge in [0.15, 0.2) is 0 Å². The topological polar surface area (TPSA) is 81.4 Å². The van der Waals surface area contributed by atoms with Crippen molar-refractivity contribution in [3.8, 4) is 0 Å². The Labute approximate surface area is 90.4 Å². The molecule has 0 aliphatic heterocycles. The Hall–Kier alpha value is -1.10. The molecule has 0 spiro atoms. The maximum absolute atomic E-state index is 11.0. The molecule has 3 N–H and O–H groups in total. The highest BCUT2D eigenvalue weighted by Gasteiger charge is 2.25. The van der Waals surface area contributed by atoms with E-state index in [1.165, 1.54) is 7.11 Å². The first kappa shape index (κ1) is 13.9. The van der Waals surface area contributed by atoms with Crippen molar-refractivity contribution < 1.29 is 14.3 Å². The Morgan fingerprint density at radius 2 is 2.00 bits per heavy atom. The van der Waals surface area contributed by atoms with Gasteiger partial charge in [-0.25, -0.2) is 0 Å². The van der Waals surface area contributed by atoms with Crippen LogP contribution in [0, 0.1) is 5.41 Å². The second kappa shape index (κ2) is 5.70. The van der Waals surface area contributed by atoms with Gasteiger partial charge in [0.1, 0.15) is 0 Å². The van der Waals surface area contributed by atoms with Crippen LogP contribution >= 0.6 is 0 Å². The minimum absolute atomic E-state index is 0.0314. The molecule has 0 saturated heterocycles. The predicted molar refractivity (Wildman–Crippen MR) is 57.1 cm³/mol. The van der Waals surface area contributed by atoms with Gasteiger partial charge in [0, 0.05) is 12.6 Å². The van der Waals surface area contributed by atoms with Gasteiger partial charge in [0.05, 0.1) is 18.9 Å². The van der Waals surface area contributed by atoms with Crippen LogP contribution in [0.1, 0.15) is 27.2 Å². The molecule has 0 aromatic heterocycles. The maximum atomic E-state index is 11.0. The van der Waals surface area contributed by atoms with Crippen LogP contribution in [0.2, 0.25) is 0 Å². The van der Waals surface area contributed by atoms with Gasteiger partial charge >= 0.3 is 5.97 Å². The smallest absolute Gasteiger partial charge is 0.307 e. The number of nitrogens with one attached hydrogen (secondary N) is 1. The number of primary amides is 1. The average Bonchev–Trinajstić information content (AvgIpc) is 2.14. The average molecular weight is 216 g/mol. The number of methoxy groups -OCH3 is 1. The minimum Gasteiger partial charge on any atom is -0.469 e. The first-order valence-electron chi connectivity index (χ1n) is 4.89. The molecule has 1 amide bonds. The summed E-state index contributed by atoms with van der Waals surface area (Å²) in [6.07, 6.45) is 0.283. The second-order valence-electron chi connectivity index (χ2n) is 4.31. The Balaban J connectivity index is 3.95. The number of rotatable bonds is 6. The monoisotopic (exact) mass is 216 g/mol. The maximum Gasteiger partial charge on any atom is 0.307 e. The first-order valence-corrected chi connectivity index (χ1v) is 4.89. The van der Waals surface area contributed by atoms with Crippen LogP contribution < -0.4 is 11.1 Å². The van der Waals surface area contributed by atoms with Crippen LogP contribution in [-0.2, 0) is 14.3 Å². The molecule has 0 aromatic carbocycles. The number of carbonyl (C=O) groups excluding carboxylic acids is 2. The number of amides is 1. The molecule has 0 aliphatic rings. The van der Waals surface area contributed by atoms with Gasteiger partial charge < -0.3 is 15.8 Å². The number of hydrogen-bond acceptors (Lipinski definition) is 4. The summed E-state index contributed by atoms with van der Waals surface area (Å²) in [6, 6.07) is -0.0314. The molecular formula is C10H20N2O3. The molecular weight excluding hydrogens is 196 g/mol. The van der Waals surface area contributed by atoms with Crippen molar-refractivity contribution in [2.24, 2.45) is 11.1 Å². The van der Waals surface area contributed by atoms with Crippen LogP contribution in [0.4, 0.5) is 0 Å².